The average molecular weight is 252 g/mol. The van der Waals surface area contributed by atoms with Crippen LogP contribution < -0.4 is 5.32 Å². The Kier molecular flexibility index (Phi) is 3.63. The van der Waals surface area contributed by atoms with E-state index in [0.29, 0.717) is 18.0 Å². The molecule has 2 N–H and O–H groups in total. The summed E-state index contributed by atoms with van der Waals surface area (Å²) in [5.74, 6) is 0.0235. The second kappa shape index (κ2) is 5.36. The SMILES string of the molecule is Cc1nnc(NC(=O)Cn2cc(CCO)nn2)o1. The number of hydrogen-bond donors (Lipinski definition) is 2. The van der Waals surface area contributed by atoms with Crippen molar-refractivity contribution in [2.24, 2.45) is 0 Å². The fraction of sp³-hybridized carbons (Fsp3) is 0.444. The molecule has 0 bridgehead atoms. The lowest BCUT2D eigenvalue weighted by molar-refractivity contribution is -0.117. The molecule has 1 amide bonds. The van der Waals surface area contributed by atoms with E-state index in [-0.39, 0.29) is 25.1 Å². The maximum absolute atomic E-state index is 11.6. The molecule has 0 aromatic carbocycles. The Labute approximate surface area is 102 Å². The minimum absolute atomic E-state index is 0.00779. The topological polar surface area (TPSA) is 119 Å². The maximum Gasteiger partial charge on any atom is 0.322 e. The van der Waals surface area contributed by atoms with Gasteiger partial charge >= 0.3 is 6.01 Å². The predicted octanol–water partition coefficient (Wildman–Crippen LogP) is -0.857. The number of aliphatic hydroxyl groups excluding tert-OH is 1. The monoisotopic (exact) mass is 252 g/mol. The molecular formula is C9H12N6O3. The maximum atomic E-state index is 11.6. The van der Waals surface area contributed by atoms with Gasteiger partial charge in [-0.2, -0.15) is 0 Å². The Morgan fingerprint density at radius 2 is 2.33 bits per heavy atom. The molecule has 0 aliphatic carbocycles. The molecular weight excluding hydrogens is 240 g/mol. The van der Waals surface area contributed by atoms with Gasteiger partial charge in [0, 0.05) is 26.1 Å². The van der Waals surface area contributed by atoms with Crippen molar-refractivity contribution in [3.8, 4) is 0 Å². The largest absolute Gasteiger partial charge is 0.408 e. The zero-order valence-electron chi connectivity index (χ0n) is 9.70. The lowest BCUT2D eigenvalue weighted by Gasteiger charge is -1.99. The normalized spacial score (nSPS) is 10.6. The molecule has 2 aromatic rings. The highest BCUT2D eigenvalue weighted by atomic mass is 16.4. The van der Waals surface area contributed by atoms with Crippen molar-refractivity contribution in [3.05, 3.63) is 17.8 Å². The molecule has 0 aliphatic heterocycles. The average Bonchev–Trinajstić information content (AvgIpc) is 2.89. The van der Waals surface area contributed by atoms with Gasteiger partial charge in [0.2, 0.25) is 11.8 Å². The van der Waals surface area contributed by atoms with Gasteiger partial charge in [-0.25, -0.2) is 4.68 Å². The van der Waals surface area contributed by atoms with Crippen LogP contribution in [0.2, 0.25) is 0 Å². The lowest BCUT2D eigenvalue weighted by Crippen LogP contribution is -2.19. The van der Waals surface area contributed by atoms with E-state index < -0.39 is 0 Å². The third-order valence-corrected chi connectivity index (χ3v) is 2.03. The van der Waals surface area contributed by atoms with Crippen LogP contribution in [0.3, 0.4) is 0 Å². The molecule has 0 saturated heterocycles. The molecule has 0 unspecified atom stereocenters. The van der Waals surface area contributed by atoms with Crippen molar-refractivity contribution >= 4 is 11.9 Å². The van der Waals surface area contributed by atoms with Crippen molar-refractivity contribution in [3.63, 3.8) is 0 Å². The smallest absolute Gasteiger partial charge is 0.322 e. The van der Waals surface area contributed by atoms with Crippen LogP contribution in [-0.2, 0) is 17.8 Å². The van der Waals surface area contributed by atoms with Crippen LogP contribution >= 0.6 is 0 Å². The number of aryl methyl sites for hydroxylation is 1. The summed E-state index contributed by atoms with van der Waals surface area (Å²) in [4.78, 5) is 11.6. The molecule has 9 heteroatoms. The number of hydrogen-bond acceptors (Lipinski definition) is 7. The van der Waals surface area contributed by atoms with Gasteiger partial charge in [0.05, 0.1) is 5.69 Å². The van der Waals surface area contributed by atoms with E-state index in [1.54, 1.807) is 13.1 Å². The van der Waals surface area contributed by atoms with Crippen LogP contribution in [0.4, 0.5) is 6.01 Å². The number of aromatic nitrogens is 5. The van der Waals surface area contributed by atoms with Gasteiger partial charge in [-0.05, 0) is 0 Å². The molecule has 2 heterocycles. The van der Waals surface area contributed by atoms with E-state index in [2.05, 4.69) is 25.8 Å². The number of nitrogens with zero attached hydrogens (tertiary/aromatic N) is 5. The van der Waals surface area contributed by atoms with Gasteiger partial charge in [0.25, 0.3) is 0 Å². The van der Waals surface area contributed by atoms with E-state index in [1.807, 2.05) is 0 Å². The quantitative estimate of drug-likeness (QED) is 0.710. The first-order valence-electron chi connectivity index (χ1n) is 5.27. The predicted molar refractivity (Wildman–Crippen MR) is 58.5 cm³/mol. The zero-order chi connectivity index (χ0) is 13.0. The fourth-order valence-electron chi connectivity index (χ4n) is 1.30. The summed E-state index contributed by atoms with van der Waals surface area (Å²) in [6.07, 6.45) is 2.00. The van der Waals surface area contributed by atoms with Gasteiger partial charge in [0.15, 0.2) is 0 Å². The summed E-state index contributed by atoms with van der Waals surface area (Å²) in [6.45, 7) is 1.60. The third kappa shape index (κ3) is 3.10. The first kappa shape index (κ1) is 12.2. The first-order valence-corrected chi connectivity index (χ1v) is 5.27. The highest BCUT2D eigenvalue weighted by molar-refractivity contribution is 5.88. The minimum atomic E-state index is -0.348. The van der Waals surface area contributed by atoms with Gasteiger partial charge in [-0.3, -0.25) is 10.1 Å². The summed E-state index contributed by atoms with van der Waals surface area (Å²) < 4.78 is 6.37. The number of nitrogens with one attached hydrogen (secondary N) is 1. The Balaban J connectivity index is 1.90. The Morgan fingerprint density at radius 1 is 1.50 bits per heavy atom. The summed E-state index contributed by atoms with van der Waals surface area (Å²) in [5.41, 5.74) is 0.624. The first-order chi connectivity index (χ1) is 8.67. The summed E-state index contributed by atoms with van der Waals surface area (Å²) in [7, 11) is 0. The molecule has 0 spiro atoms. The van der Waals surface area contributed by atoms with Crippen molar-refractivity contribution in [2.45, 2.75) is 19.9 Å². The van der Waals surface area contributed by atoms with Crippen molar-refractivity contribution in [2.75, 3.05) is 11.9 Å². The molecule has 0 saturated carbocycles. The summed E-state index contributed by atoms with van der Waals surface area (Å²) in [5, 5.41) is 25.9. The highest BCUT2D eigenvalue weighted by Gasteiger charge is 2.09. The molecule has 0 atom stereocenters. The van der Waals surface area contributed by atoms with E-state index in [9.17, 15) is 4.79 Å². The van der Waals surface area contributed by atoms with Crippen LogP contribution in [-0.4, -0.2) is 42.8 Å². The molecule has 9 nitrogen and oxygen atoms in total. The third-order valence-electron chi connectivity index (χ3n) is 2.03. The number of aliphatic hydroxyl groups is 1. The molecule has 2 aromatic heterocycles. The van der Waals surface area contributed by atoms with E-state index in [0.717, 1.165) is 0 Å². The van der Waals surface area contributed by atoms with Crippen LogP contribution in [0.15, 0.2) is 10.6 Å². The Bertz CT molecular complexity index is 534. The van der Waals surface area contributed by atoms with Gasteiger partial charge in [-0.1, -0.05) is 10.3 Å². The lowest BCUT2D eigenvalue weighted by atomic mass is 10.3. The second-order valence-corrected chi connectivity index (χ2v) is 3.56. The zero-order valence-corrected chi connectivity index (χ0v) is 9.70. The van der Waals surface area contributed by atoms with E-state index >= 15 is 0 Å². The molecule has 0 aliphatic rings. The van der Waals surface area contributed by atoms with Crippen molar-refractivity contribution in [1.29, 1.82) is 0 Å². The molecule has 2 rings (SSSR count). The van der Waals surface area contributed by atoms with Gasteiger partial charge in [0.1, 0.15) is 6.54 Å². The van der Waals surface area contributed by atoms with Gasteiger partial charge in [-0.15, -0.1) is 10.2 Å². The molecule has 0 fully saturated rings. The molecule has 96 valence electrons. The second-order valence-electron chi connectivity index (χ2n) is 3.56. The van der Waals surface area contributed by atoms with Crippen LogP contribution in [0, 0.1) is 6.92 Å². The van der Waals surface area contributed by atoms with Crippen LogP contribution in [0.1, 0.15) is 11.6 Å². The Hall–Kier alpha value is -2.29. The van der Waals surface area contributed by atoms with Crippen LogP contribution in [0.25, 0.3) is 0 Å². The van der Waals surface area contributed by atoms with E-state index in [1.165, 1.54) is 4.68 Å². The summed E-state index contributed by atoms with van der Waals surface area (Å²) in [6, 6.07) is 0.0493. The summed E-state index contributed by atoms with van der Waals surface area (Å²) >= 11 is 0. The van der Waals surface area contributed by atoms with Crippen LogP contribution in [0.5, 0.6) is 0 Å². The molecule has 18 heavy (non-hydrogen) atoms. The standard InChI is InChI=1S/C9H12N6O3/c1-6-11-13-9(18-6)10-8(17)5-15-4-7(2-3-16)12-14-15/h4,16H,2-3,5H2,1H3,(H,10,13,17). The Morgan fingerprint density at radius 3 is 3.00 bits per heavy atom. The number of amides is 1. The minimum Gasteiger partial charge on any atom is -0.408 e. The number of carbonyl (C=O) groups excluding carboxylic acids is 1. The fourth-order valence-corrected chi connectivity index (χ4v) is 1.30. The number of carbonyl (C=O) groups is 1. The van der Waals surface area contributed by atoms with Crippen molar-refractivity contribution < 1.29 is 14.3 Å². The highest BCUT2D eigenvalue weighted by Crippen LogP contribution is 2.03. The number of anilines is 1. The van der Waals surface area contributed by atoms with Gasteiger partial charge < -0.3 is 9.52 Å². The van der Waals surface area contributed by atoms with Crippen molar-refractivity contribution in [1.82, 2.24) is 25.2 Å². The van der Waals surface area contributed by atoms with E-state index in [4.69, 9.17) is 9.52 Å². The molecule has 0 radical (unpaired) electrons. The number of rotatable bonds is 5.